The zero-order valence-electron chi connectivity index (χ0n) is 21.6. The van der Waals surface area contributed by atoms with E-state index in [1.54, 1.807) is 27.0 Å². The maximum atomic E-state index is 12.8. The van der Waals surface area contributed by atoms with E-state index in [1.807, 2.05) is 19.2 Å². The SMILES string of the molecule is COc1ccc2c3c1O[C@H]1C(OC(=O)CCC(=O)NC(C(=O)O)C(C)C)=CC[C@@]4(O)C(C2)N(C)CC[C@]314. The summed E-state index contributed by atoms with van der Waals surface area (Å²) in [5, 5.41) is 23.9. The zero-order valence-corrected chi connectivity index (χ0v) is 21.6. The van der Waals surface area contributed by atoms with Crippen LogP contribution in [0, 0.1) is 5.92 Å². The smallest absolute Gasteiger partial charge is 0.326 e. The molecule has 2 heterocycles. The number of aliphatic carboxylic acids is 1. The summed E-state index contributed by atoms with van der Waals surface area (Å²) < 4.78 is 17.8. The first-order valence-corrected chi connectivity index (χ1v) is 12.8. The number of ether oxygens (including phenoxy) is 3. The molecule has 5 rings (SSSR count). The minimum atomic E-state index is -1.12. The van der Waals surface area contributed by atoms with Crippen molar-refractivity contribution in [1.29, 1.82) is 0 Å². The average Bonchev–Trinajstić information content (AvgIpc) is 3.20. The van der Waals surface area contributed by atoms with Crippen LogP contribution in [-0.2, 0) is 31.0 Å². The molecule has 1 spiro atoms. The molecule has 1 fully saturated rings. The molecule has 200 valence electrons. The molecule has 0 saturated carbocycles. The van der Waals surface area contributed by atoms with Gasteiger partial charge in [0.1, 0.15) is 11.8 Å². The molecule has 2 bridgehead atoms. The highest BCUT2D eigenvalue weighted by Gasteiger charge is 2.72. The fourth-order valence-corrected chi connectivity index (χ4v) is 6.75. The lowest BCUT2D eigenvalue weighted by atomic mass is 9.50. The highest BCUT2D eigenvalue weighted by molar-refractivity contribution is 5.86. The molecule has 2 aliphatic carbocycles. The molecular formula is C27H34N2O8. The van der Waals surface area contributed by atoms with Gasteiger partial charge in [-0.15, -0.1) is 0 Å². The molecule has 0 aromatic heterocycles. The van der Waals surface area contributed by atoms with Crippen molar-refractivity contribution >= 4 is 17.8 Å². The molecule has 2 aliphatic heterocycles. The number of hydrogen-bond donors (Lipinski definition) is 3. The fourth-order valence-electron chi connectivity index (χ4n) is 6.75. The molecule has 1 saturated heterocycles. The minimum Gasteiger partial charge on any atom is -0.493 e. The summed E-state index contributed by atoms with van der Waals surface area (Å²) in [5.74, 6) is -1.09. The maximum absolute atomic E-state index is 12.8. The standard InChI is InChI=1S/C27H34N2O8/c1-14(2)22(25(32)33)28-19(30)7-8-20(31)36-17-9-10-27(34)18-13-15-5-6-16(35-4)23-21(15)26(27,24(17)37-23)11-12-29(18)3/h5-6,9,14,18,22,24,34H,7-8,10-13H2,1-4H3,(H,28,30)(H,32,33)/t18?,22?,24-,26-,27+/m0/s1. The Kier molecular flexibility index (Phi) is 6.23. The van der Waals surface area contributed by atoms with Crippen LogP contribution in [0.3, 0.4) is 0 Å². The van der Waals surface area contributed by atoms with E-state index in [-0.39, 0.29) is 24.8 Å². The Morgan fingerprint density at radius 1 is 1.27 bits per heavy atom. The molecule has 2 unspecified atom stereocenters. The van der Waals surface area contributed by atoms with Crippen molar-refractivity contribution in [2.24, 2.45) is 5.92 Å². The number of esters is 1. The van der Waals surface area contributed by atoms with Crippen molar-refractivity contribution in [2.75, 3.05) is 20.7 Å². The van der Waals surface area contributed by atoms with Crippen molar-refractivity contribution in [2.45, 2.75) is 75.2 Å². The van der Waals surface area contributed by atoms with Gasteiger partial charge in [0.15, 0.2) is 17.6 Å². The fraction of sp³-hybridized carbons (Fsp3) is 0.593. The predicted molar refractivity (Wildman–Crippen MR) is 131 cm³/mol. The second-order valence-electron chi connectivity index (χ2n) is 10.9. The molecule has 1 aromatic rings. The van der Waals surface area contributed by atoms with E-state index >= 15 is 0 Å². The van der Waals surface area contributed by atoms with Crippen LogP contribution < -0.4 is 14.8 Å². The van der Waals surface area contributed by atoms with Crippen LogP contribution in [0.25, 0.3) is 0 Å². The lowest BCUT2D eigenvalue weighted by Gasteiger charge is -2.61. The molecule has 10 nitrogen and oxygen atoms in total. The molecule has 5 atom stereocenters. The van der Waals surface area contributed by atoms with Crippen molar-refractivity contribution in [1.82, 2.24) is 10.2 Å². The number of likely N-dealkylation sites (N-methyl/N-ethyl adjacent to an activating group) is 1. The molecule has 0 radical (unpaired) electrons. The number of hydrogen-bond acceptors (Lipinski definition) is 8. The quantitative estimate of drug-likeness (QED) is 0.441. The number of piperidine rings is 1. The lowest BCUT2D eigenvalue weighted by molar-refractivity contribution is -0.169. The molecule has 37 heavy (non-hydrogen) atoms. The number of carbonyl (C=O) groups is 3. The van der Waals surface area contributed by atoms with Gasteiger partial charge in [-0.05, 0) is 50.1 Å². The van der Waals surface area contributed by atoms with E-state index in [9.17, 15) is 24.6 Å². The van der Waals surface area contributed by atoms with Crippen LogP contribution in [-0.4, -0.2) is 77.4 Å². The summed E-state index contributed by atoms with van der Waals surface area (Å²) in [4.78, 5) is 38.6. The number of benzene rings is 1. The molecule has 4 aliphatic rings. The largest absolute Gasteiger partial charge is 0.493 e. The Morgan fingerprint density at radius 3 is 2.70 bits per heavy atom. The number of nitrogens with zero attached hydrogens (tertiary/aromatic N) is 1. The highest BCUT2D eigenvalue weighted by atomic mass is 16.6. The van der Waals surface area contributed by atoms with Crippen LogP contribution in [0.4, 0.5) is 0 Å². The van der Waals surface area contributed by atoms with Crippen LogP contribution in [0.15, 0.2) is 24.0 Å². The Bertz CT molecular complexity index is 1180. The summed E-state index contributed by atoms with van der Waals surface area (Å²) in [7, 11) is 3.60. The Labute approximate surface area is 215 Å². The van der Waals surface area contributed by atoms with E-state index < -0.39 is 41.0 Å². The third-order valence-electron chi connectivity index (χ3n) is 8.60. The predicted octanol–water partition coefficient (Wildman–Crippen LogP) is 1.52. The first kappa shape index (κ1) is 25.5. The Balaban J connectivity index is 1.38. The van der Waals surface area contributed by atoms with Gasteiger partial charge in [0.25, 0.3) is 0 Å². The van der Waals surface area contributed by atoms with Gasteiger partial charge >= 0.3 is 11.9 Å². The molecule has 10 heteroatoms. The number of aliphatic hydroxyl groups is 1. The van der Waals surface area contributed by atoms with Crippen LogP contribution >= 0.6 is 0 Å². The number of nitrogens with one attached hydrogen (secondary N) is 1. The van der Waals surface area contributed by atoms with Gasteiger partial charge in [-0.1, -0.05) is 19.9 Å². The first-order chi connectivity index (χ1) is 17.5. The molecule has 1 aromatic carbocycles. The molecule has 3 N–H and O–H groups in total. The van der Waals surface area contributed by atoms with Gasteiger partial charge in [0.2, 0.25) is 5.91 Å². The lowest BCUT2D eigenvalue weighted by Crippen LogP contribution is -2.74. The van der Waals surface area contributed by atoms with E-state index in [0.29, 0.717) is 36.5 Å². The summed E-state index contributed by atoms with van der Waals surface area (Å²) in [5.41, 5.74) is 0.156. The number of carboxylic acid groups (broad SMARTS) is 1. The number of methoxy groups -OCH3 is 1. The van der Waals surface area contributed by atoms with Crippen molar-refractivity contribution in [3.8, 4) is 11.5 Å². The van der Waals surface area contributed by atoms with Gasteiger partial charge in [0, 0.05) is 24.4 Å². The topological polar surface area (TPSA) is 135 Å². The first-order valence-electron chi connectivity index (χ1n) is 12.8. The molecule has 1 amide bonds. The van der Waals surface area contributed by atoms with E-state index in [1.165, 1.54) is 0 Å². The minimum absolute atomic E-state index is 0.112. The van der Waals surface area contributed by atoms with Crippen molar-refractivity contribution in [3.63, 3.8) is 0 Å². The Morgan fingerprint density at radius 2 is 2.03 bits per heavy atom. The summed E-state index contributed by atoms with van der Waals surface area (Å²) in [6.07, 6.45) is 2.22. The van der Waals surface area contributed by atoms with E-state index in [0.717, 1.165) is 17.7 Å². The van der Waals surface area contributed by atoms with E-state index in [4.69, 9.17) is 14.2 Å². The van der Waals surface area contributed by atoms with Crippen LogP contribution in [0.5, 0.6) is 11.5 Å². The van der Waals surface area contributed by atoms with Gasteiger partial charge in [-0.3, -0.25) is 9.59 Å². The average molecular weight is 515 g/mol. The zero-order chi connectivity index (χ0) is 26.7. The second-order valence-corrected chi connectivity index (χ2v) is 10.9. The number of rotatable bonds is 8. The monoisotopic (exact) mass is 514 g/mol. The second kappa shape index (κ2) is 9.02. The van der Waals surface area contributed by atoms with Crippen LogP contribution in [0.2, 0.25) is 0 Å². The van der Waals surface area contributed by atoms with E-state index in [2.05, 4.69) is 10.2 Å². The van der Waals surface area contributed by atoms with Gasteiger partial charge < -0.3 is 34.6 Å². The summed E-state index contributed by atoms with van der Waals surface area (Å²) >= 11 is 0. The number of carboxylic acids is 1. The summed E-state index contributed by atoms with van der Waals surface area (Å²) in [6, 6.07) is 2.76. The van der Waals surface area contributed by atoms with Crippen LogP contribution in [0.1, 0.15) is 50.7 Å². The number of carbonyl (C=O) groups excluding carboxylic acids is 2. The van der Waals surface area contributed by atoms with Gasteiger partial charge in [0.05, 0.1) is 24.5 Å². The number of likely N-dealkylation sites (tertiary alicyclic amines) is 1. The normalized spacial score (nSPS) is 30.1. The van der Waals surface area contributed by atoms with Gasteiger partial charge in [-0.2, -0.15) is 0 Å². The third-order valence-corrected chi connectivity index (χ3v) is 8.60. The van der Waals surface area contributed by atoms with Crippen molar-refractivity contribution < 1.29 is 38.8 Å². The maximum Gasteiger partial charge on any atom is 0.326 e. The summed E-state index contributed by atoms with van der Waals surface area (Å²) in [6.45, 7) is 4.15. The third kappa shape index (κ3) is 3.72. The van der Waals surface area contributed by atoms with Crippen molar-refractivity contribution in [3.05, 3.63) is 35.1 Å². The molecular weight excluding hydrogens is 480 g/mol. The highest BCUT2D eigenvalue weighted by Crippen LogP contribution is 2.65. The van der Waals surface area contributed by atoms with Gasteiger partial charge in [-0.25, -0.2) is 4.79 Å². The Hall–Kier alpha value is -3.11. The number of amides is 1.